The number of piperidine rings is 1. The molecule has 0 bridgehead atoms. The molecule has 2 aromatic rings. The van der Waals surface area contributed by atoms with Crippen molar-refractivity contribution in [1.82, 2.24) is 9.21 Å². The fraction of sp³-hybridized carbons (Fsp3) is 0.350. The minimum Gasteiger partial charge on any atom is -0.342 e. The third-order valence-corrected chi connectivity index (χ3v) is 7.29. The van der Waals surface area contributed by atoms with Gasteiger partial charge in [0.05, 0.1) is 21.5 Å². The standard InChI is InChI=1S/C20H22Cl2N2O3S/c21-18-10-9-16(13-19(18)22)14-24(15-20(25)23-11-5-2-6-12-23)28(26,27)17-7-3-1-4-8-17/h1,3-4,7-10,13H,2,5-6,11-12,14-15H2. The molecule has 150 valence electrons. The molecule has 0 spiro atoms. The van der Waals surface area contributed by atoms with E-state index < -0.39 is 10.0 Å². The van der Waals surface area contributed by atoms with Gasteiger partial charge in [0.25, 0.3) is 0 Å². The molecule has 5 nitrogen and oxygen atoms in total. The summed E-state index contributed by atoms with van der Waals surface area (Å²) in [6.07, 6.45) is 2.99. The lowest BCUT2D eigenvalue weighted by atomic mass is 10.1. The maximum atomic E-state index is 13.2. The van der Waals surface area contributed by atoms with Crippen molar-refractivity contribution in [1.29, 1.82) is 0 Å². The Hall–Kier alpha value is -1.60. The van der Waals surface area contributed by atoms with E-state index >= 15 is 0 Å². The van der Waals surface area contributed by atoms with Crippen molar-refractivity contribution >= 4 is 39.1 Å². The van der Waals surface area contributed by atoms with Crippen LogP contribution in [0.4, 0.5) is 0 Å². The number of hydrogen-bond donors (Lipinski definition) is 0. The largest absolute Gasteiger partial charge is 0.342 e. The molecule has 0 aromatic heterocycles. The Morgan fingerprint density at radius 2 is 1.64 bits per heavy atom. The second-order valence-corrected chi connectivity index (χ2v) is 9.53. The van der Waals surface area contributed by atoms with Gasteiger partial charge in [0, 0.05) is 19.6 Å². The van der Waals surface area contributed by atoms with Crippen molar-refractivity contribution in [3.05, 3.63) is 64.1 Å². The summed E-state index contributed by atoms with van der Waals surface area (Å²) in [4.78, 5) is 14.7. The van der Waals surface area contributed by atoms with Crippen LogP contribution in [0.1, 0.15) is 24.8 Å². The van der Waals surface area contributed by atoms with E-state index in [0.717, 1.165) is 19.3 Å². The van der Waals surface area contributed by atoms with Gasteiger partial charge in [0.15, 0.2) is 0 Å². The summed E-state index contributed by atoms with van der Waals surface area (Å²) in [6.45, 7) is 1.17. The highest BCUT2D eigenvalue weighted by molar-refractivity contribution is 7.89. The first-order valence-electron chi connectivity index (χ1n) is 9.15. The van der Waals surface area contributed by atoms with Crippen LogP contribution in [0.15, 0.2) is 53.4 Å². The maximum Gasteiger partial charge on any atom is 0.243 e. The van der Waals surface area contributed by atoms with Crippen molar-refractivity contribution in [2.75, 3.05) is 19.6 Å². The minimum atomic E-state index is -3.85. The van der Waals surface area contributed by atoms with Crippen molar-refractivity contribution in [2.45, 2.75) is 30.7 Å². The van der Waals surface area contributed by atoms with E-state index in [9.17, 15) is 13.2 Å². The van der Waals surface area contributed by atoms with E-state index in [0.29, 0.717) is 28.7 Å². The van der Waals surface area contributed by atoms with Crippen LogP contribution in [0.5, 0.6) is 0 Å². The Kier molecular flexibility index (Phi) is 6.99. The predicted octanol–water partition coefficient (Wildman–Crippen LogP) is 4.20. The molecule has 8 heteroatoms. The molecule has 1 fully saturated rings. The zero-order valence-electron chi connectivity index (χ0n) is 15.4. The second-order valence-electron chi connectivity index (χ2n) is 6.78. The van der Waals surface area contributed by atoms with Gasteiger partial charge in [-0.1, -0.05) is 47.5 Å². The van der Waals surface area contributed by atoms with Gasteiger partial charge >= 0.3 is 0 Å². The fourth-order valence-corrected chi connectivity index (χ4v) is 4.92. The molecule has 2 aromatic carbocycles. The van der Waals surface area contributed by atoms with Gasteiger partial charge in [-0.3, -0.25) is 4.79 Å². The highest BCUT2D eigenvalue weighted by Gasteiger charge is 2.29. The molecule has 0 saturated carbocycles. The topological polar surface area (TPSA) is 57.7 Å². The highest BCUT2D eigenvalue weighted by Crippen LogP contribution is 2.25. The second kappa shape index (κ2) is 9.27. The van der Waals surface area contributed by atoms with E-state index in [2.05, 4.69) is 0 Å². The molecule has 1 aliphatic rings. The Morgan fingerprint density at radius 3 is 2.29 bits per heavy atom. The SMILES string of the molecule is O=C(CN(Cc1ccc(Cl)c(Cl)c1)S(=O)(=O)c1ccccc1)N1CCCCC1. The lowest BCUT2D eigenvalue weighted by Crippen LogP contribution is -2.44. The van der Waals surface area contributed by atoms with Crippen molar-refractivity contribution < 1.29 is 13.2 Å². The molecule has 1 heterocycles. The monoisotopic (exact) mass is 440 g/mol. The van der Waals surface area contributed by atoms with E-state index in [4.69, 9.17) is 23.2 Å². The number of likely N-dealkylation sites (tertiary alicyclic amines) is 1. The van der Waals surface area contributed by atoms with Gasteiger partial charge in [-0.25, -0.2) is 8.42 Å². The first-order valence-corrected chi connectivity index (χ1v) is 11.3. The molecule has 28 heavy (non-hydrogen) atoms. The predicted molar refractivity (Wildman–Crippen MR) is 111 cm³/mol. The quantitative estimate of drug-likeness (QED) is 0.675. The fourth-order valence-electron chi connectivity index (χ4n) is 3.20. The molecule has 0 atom stereocenters. The Bertz CT molecular complexity index is 930. The zero-order valence-corrected chi connectivity index (χ0v) is 17.7. The third kappa shape index (κ3) is 5.06. The third-order valence-electron chi connectivity index (χ3n) is 4.74. The Morgan fingerprint density at radius 1 is 0.964 bits per heavy atom. The van der Waals surface area contributed by atoms with Crippen LogP contribution in [0.3, 0.4) is 0 Å². The first-order chi connectivity index (χ1) is 13.4. The van der Waals surface area contributed by atoms with Crippen LogP contribution in [-0.4, -0.2) is 43.2 Å². The van der Waals surface area contributed by atoms with Crippen molar-refractivity contribution in [2.24, 2.45) is 0 Å². The molecule has 0 radical (unpaired) electrons. The number of rotatable bonds is 6. The number of hydrogen-bond acceptors (Lipinski definition) is 3. The molecule has 0 unspecified atom stereocenters. The summed E-state index contributed by atoms with van der Waals surface area (Å²) < 4.78 is 27.6. The average molecular weight is 441 g/mol. The molecule has 0 aliphatic carbocycles. The molecular formula is C20H22Cl2N2O3S. The summed E-state index contributed by atoms with van der Waals surface area (Å²) >= 11 is 12.0. The van der Waals surface area contributed by atoms with Gasteiger partial charge in [-0.05, 0) is 49.1 Å². The number of carbonyl (C=O) groups is 1. The summed E-state index contributed by atoms with van der Waals surface area (Å²) in [6, 6.07) is 13.1. The first kappa shape index (κ1) is 21.1. The number of carbonyl (C=O) groups excluding carboxylic acids is 1. The maximum absolute atomic E-state index is 13.2. The number of amides is 1. The van der Waals surface area contributed by atoms with Crippen LogP contribution in [-0.2, 0) is 21.4 Å². The van der Waals surface area contributed by atoms with E-state index in [1.807, 2.05) is 0 Å². The molecular weight excluding hydrogens is 419 g/mol. The van der Waals surface area contributed by atoms with Gasteiger partial charge in [-0.2, -0.15) is 4.31 Å². The molecule has 0 N–H and O–H groups in total. The lowest BCUT2D eigenvalue weighted by Gasteiger charge is -2.29. The van der Waals surface area contributed by atoms with Crippen LogP contribution in [0, 0.1) is 0 Å². The summed E-state index contributed by atoms with van der Waals surface area (Å²) in [7, 11) is -3.85. The van der Waals surface area contributed by atoms with Crippen LogP contribution in [0.2, 0.25) is 10.0 Å². The van der Waals surface area contributed by atoms with Gasteiger partial charge < -0.3 is 4.90 Å². The van der Waals surface area contributed by atoms with E-state index in [1.165, 1.54) is 16.4 Å². The van der Waals surface area contributed by atoms with Crippen LogP contribution in [0.25, 0.3) is 0 Å². The zero-order chi connectivity index (χ0) is 20.1. The molecule has 1 amide bonds. The number of halogens is 2. The molecule has 1 saturated heterocycles. The molecule has 3 rings (SSSR count). The summed E-state index contributed by atoms with van der Waals surface area (Å²) in [5.74, 6) is -0.181. The lowest BCUT2D eigenvalue weighted by molar-refractivity contribution is -0.132. The van der Waals surface area contributed by atoms with Gasteiger partial charge in [-0.15, -0.1) is 0 Å². The smallest absolute Gasteiger partial charge is 0.243 e. The van der Waals surface area contributed by atoms with Gasteiger partial charge in [0.2, 0.25) is 15.9 Å². The van der Waals surface area contributed by atoms with E-state index in [1.54, 1.807) is 41.3 Å². The van der Waals surface area contributed by atoms with E-state index in [-0.39, 0.29) is 23.9 Å². The van der Waals surface area contributed by atoms with Crippen LogP contribution >= 0.6 is 23.2 Å². The van der Waals surface area contributed by atoms with Gasteiger partial charge in [0.1, 0.15) is 0 Å². The minimum absolute atomic E-state index is 0.0354. The summed E-state index contributed by atoms with van der Waals surface area (Å²) in [5.41, 5.74) is 0.667. The van der Waals surface area contributed by atoms with Crippen LogP contribution < -0.4 is 0 Å². The average Bonchev–Trinajstić information content (AvgIpc) is 2.71. The number of benzene rings is 2. The molecule has 1 aliphatic heterocycles. The van der Waals surface area contributed by atoms with Crippen molar-refractivity contribution in [3.63, 3.8) is 0 Å². The normalized spacial score (nSPS) is 15.0. The van der Waals surface area contributed by atoms with Crippen molar-refractivity contribution in [3.8, 4) is 0 Å². The number of sulfonamides is 1. The number of nitrogens with zero attached hydrogens (tertiary/aromatic N) is 2. The Labute approximate surface area is 175 Å². The highest BCUT2D eigenvalue weighted by atomic mass is 35.5. The summed E-state index contributed by atoms with van der Waals surface area (Å²) in [5, 5.41) is 0.742. The Balaban J connectivity index is 1.88.